The number of carbonyl (C=O) groups is 3. The number of alkyl carbamates (subject to hydrolysis) is 1. The number of carboxylic acid groups (broad SMARTS) is 1. The smallest absolute Gasteiger partial charge is 0.407 e. The Bertz CT molecular complexity index is 913. The predicted molar refractivity (Wildman–Crippen MR) is 117 cm³/mol. The van der Waals surface area contributed by atoms with Crippen LogP contribution in [0, 0.1) is 0 Å². The maximum absolute atomic E-state index is 12.6. The van der Waals surface area contributed by atoms with Gasteiger partial charge in [-0.1, -0.05) is 55.5 Å². The van der Waals surface area contributed by atoms with E-state index < -0.39 is 18.1 Å². The largest absolute Gasteiger partial charge is 0.481 e. The minimum Gasteiger partial charge on any atom is -0.481 e. The molecule has 2 amide bonds. The van der Waals surface area contributed by atoms with E-state index in [1.54, 1.807) is 6.92 Å². The fraction of sp³-hybridized carbons (Fsp3) is 0.375. The number of benzene rings is 2. The Labute approximate surface area is 182 Å². The van der Waals surface area contributed by atoms with Crippen molar-refractivity contribution in [1.82, 2.24) is 10.2 Å². The summed E-state index contributed by atoms with van der Waals surface area (Å²) in [5.41, 5.74) is 4.51. The molecule has 0 saturated carbocycles. The molecule has 1 aliphatic rings. The van der Waals surface area contributed by atoms with Gasteiger partial charge in [0.25, 0.3) is 0 Å². The van der Waals surface area contributed by atoms with Crippen LogP contribution in [0.4, 0.5) is 4.79 Å². The molecule has 3 rings (SSSR count). The van der Waals surface area contributed by atoms with Crippen LogP contribution in [-0.4, -0.2) is 53.7 Å². The van der Waals surface area contributed by atoms with E-state index in [1.165, 1.54) is 4.90 Å². The summed E-state index contributed by atoms with van der Waals surface area (Å²) in [4.78, 5) is 37.3. The molecule has 0 radical (unpaired) electrons. The number of carbonyl (C=O) groups excluding carboxylic acids is 2. The molecule has 0 aliphatic heterocycles. The van der Waals surface area contributed by atoms with Gasteiger partial charge in [0, 0.05) is 19.0 Å². The van der Waals surface area contributed by atoms with E-state index in [1.807, 2.05) is 43.3 Å². The number of amides is 2. The van der Waals surface area contributed by atoms with E-state index in [2.05, 4.69) is 17.4 Å². The van der Waals surface area contributed by atoms with Gasteiger partial charge in [-0.3, -0.25) is 9.59 Å². The molecule has 2 N–H and O–H groups in total. The van der Waals surface area contributed by atoms with Gasteiger partial charge in [-0.25, -0.2) is 4.79 Å². The number of fused-ring (bicyclic) bond motifs is 3. The summed E-state index contributed by atoms with van der Waals surface area (Å²) in [7, 11) is 0. The van der Waals surface area contributed by atoms with Crippen LogP contribution < -0.4 is 5.32 Å². The minimum absolute atomic E-state index is 0.0590. The van der Waals surface area contributed by atoms with Crippen molar-refractivity contribution in [2.75, 3.05) is 19.7 Å². The lowest BCUT2D eigenvalue weighted by Gasteiger charge is -2.25. The van der Waals surface area contributed by atoms with Crippen LogP contribution in [0.15, 0.2) is 48.5 Å². The van der Waals surface area contributed by atoms with Crippen LogP contribution in [0.25, 0.3) is 11.1 Å². The van der Waals surface area contributed by atoms with Crippen LogP contribution in [0.2, 0.25) is 0 Å². The molecule has 0 bridgehead atoms. The Morgan fingerprint density at radius 3 is 2.16 bits per heavy atom. The Morgan fingerprint density at radius 2 is 1.61 bits per heavy atom. The van der Waals surface area contributed by atoms with E-state index in [0.717, 1.165) is 22.3 Å². The number of nitrogens with zero attached hydrogens (tertiary/aromatic N) is 1. The van der Waals surface area contributed by atoms with Crippen molar-refractivity contribution >= 4 is 18.0 Å². The molecule has 0 saturated heterocycles. The molecule has 31 heavy (non-hydrogen) atoms. The highest BCUT2D eigenvalue weighted by atomic mass is 16.5. The molecular weight excluding hydrogens is 396 g/mol. The third kappa shape index (κ3) is 5.23. The average molecular weight is 424 g/mol. The van der Waals surface area contributed by atoms with Gasteiger partial charge in [0.2, 0.25) is 5.91 Å². The normalized spacial score (nSPS) is 13.1. The van der Waals surface area contributed by atoms with Crippen molar-refractivity contribution in [2.24, 2.45) is 0 Å². The highest BCUT2D eigenvalue weighted by Gasteiger charge is 2.29. The van der Waals surface area contributed by atoms with E-state index in [9.17, 15) is 14.4 Å². The molecule has 0 heterocycles. The zero-order valence-corrected chi connectivity index (χ0v) is 17.8. The molecule has 0 spiro atoms. The lowest BCUT2D eigenvalue weighted by atomic mass is 9.98. The van der Waals surface area contributed by atoms with Gasteiger partial charge in [-0.15, -0.1) is 0 Å². The molecule has 1 atom stereocenters. The molecule has 1 aliphatic carbocycles. The lowest BCUT2D eigenvalue weighted by Crippen LogP contribution is -2.48. The van der Waals surface area contributed by atoms with Crippen LogP contribution in [0.5, 0.6) is 0 Å². The quantitative estimate of drug-likeness (QED) is 0.641. The van der Waals surface area contributed by atoms with Crippen LogP contribution >= 0.6 is 0 Å². The Balaban J connectivity index is 1.60. The Morgan fingerprint density at radius 1 is 1.03 bits per heavy atom. The summed E-state index contributed by atoms with van der Waals surface area (Å²) in [6, 6.07) is 15.3. The Hall–Kier alpha value is -3.35. The zero-order chi connectivity index (χ0) is 22.4. The molecule has 0 aromatic heterocycles. The number of hydrogen-bond acceptors (Lipinski definition) is 4. The second-order valence-electron chi connectivity index (χ2n) is 7.66. The fourth-order valence-electron chi connectivity index (χ4n) is 3.99. The van der Waals surface area contributed by atoms with Gasteiger partial charge in [0.1, 0.15) is 12.6 Å². The predicted octanol–water partition coefficient (Wildman–Crippen LogP) is 3.63. The van der Waals surface area contributed by atoms with Gasteiger partial charge in [0.05, 0.1) is 6.42 Å². The van der Waals surface area contributed by atoms with E-state index in [0.29, 0.717) is 13.0 Å². The second kappa shape index (κ2) is 10.1. The Kier molecular flexibility index (Phi) is 7.28. The molecule has 1 unspecified atom stereocenters. The molecule has 0 fully saturated rings. The van der Waals surface area contributed by atoms with Gasteiger partial charge < -0.3 is 20.1 Å². The molecule has 7 heteroatoms. The van der Waals surface area contributed by atoms with Crippen molar-refractivity contribution < 1.29 is 24.2 Å². The summed E-state index contributed by atoms with van der Waals surface area (Å²) < 4.78 is 5.48. The third-order valence-corrected chi connectivity index (χ3v) is 5.45. The maximum Gasteiger partial charge on any atom is 0.407 e. The number of carboxylic acids is 1. The third-order valence-electron chi connectivity index (χ3n) is 5.45. The van der Waals surface area contributed by atoms with Crippen molar-refractivity contribution in [2.45, 2.75) is 38.6 Å². The van der Waals surface area contributed by atoms with Crippen molar-refractivity contribution in [3.8, 4) is 11.1 Å². The van der Waals surface area contributed by atoms with E-state index >= 15 is 0 Å². The molecular formula is C24H28N2O5. The number of nitrogens with one attached hydrogen (secondary N) is 1. The number of hydrogen-bond donors (Lipinski definition) is 2. The summed E-state index contributed by atoms with van der Waals surface area (Å²) in [6.45, 7) is 4.19. The standard InChI is InChI=1S/C24H28N2O5/c1-3-13-26(14-12-22(27)28)23(29)16(2)25-24(30)31-15-21-19-10-6-4-8-17(19)18-9-5-7-11-20(18)21/h4-11,16,21H,3,12-15H2,1-2H3,(H,25,30)(H,27,28). The fourth-order valence-corrected chi connectivity index (χ4v) is 3.99. The first-order chi connectivity index (χ1) is 14.9. The lowest BCUT2D eigenvalue weighted by molar-refractivity contribution is -0.139. The maximum atomic E-state index is 12.6. The second-order valence-corrected chi connectivity index (χ2v) is 7.66. The first-order valence-corrected chi connectivity index (χ1v) is 10.5. The van der Waals surface area contributed by atoms with Crippen LogP contribution in [0.3, 0.4) is 0 Å². The monoisotopic (exact) mass is 424 g/mol. The zero-order valence-electron chi connectivity index (χ0n) is 17.8. The summed E-state index contributed by atoms with van der Waals surface area (Å²) in [5, 5.41) is 11.5. The number of ether oxygens (including phenoxy) is 1. The van der Waals surface area contributed by atoms with E-state index in [-0.39, 0.29) is 31.4 Å². The highest BCUT2D eigenvalue weighted by Crippen LogP contribution is 2.44. The molecule has 164 valence electrons. The van der Waals surface area contributed by atoms with Crippen LogP contribution in [-0.2, 0) is 14.3 Å². The average Bonchev–Trinajstić information content (AvgIpc) is 3.08. The molecule has 2 aromatic rings. The van der Waals surface area contributed by atoms with E-state index in [4.69, 9.17) is 9.84 Å². The van der Waals surface area contributed by atoms with Crippen molar-refractivity contribution in [1.29, 1.82) is 0 Å². The summed E-state index contributed by atoms with van der Waals surface area (Å²) in [6.07, 6.45) is -0.107. The minimum atomic E-state index is -0.967. The highest BCUT2D eigenvalue weighted by molar-refractivity contribution is 5.85. The topological polar surface area (TPSA) is 95.9 Å². The van der Waals surface area contributed by atoms with Crippen molar-refractivity contribution in [3.05, 3.63) is 59.7 Å². The van der Waals surface area contributed by atoms with Gasteiger partial charge >= 0.3 is 12.1 Å². The van der Waals surface area contributed by atoms with Gasteiger partial charge in [0.15, 0.2) is 0 Å². The first-order valence-electron chi connectivity index (χ1n) is 10.5. The SMILES string of the molecule is CCCN(CCC(=O)O)C(=O)C(C)NC(=O)OCC1c2ccccc2-c2ccccc21. The number of rotatable bonds is 9. The number of aliphatic carboxylic acids is 1. The summed E-state index contributed by atoms with van der Waals surface area (Å²) in [5.74, 6) is -1.35. The van der Waals surface area contributed by atoms with Crippen LogP contribution in [0.1, 0.15) is 43.7 Å². The molecule has 7 nitrogen and oxygen atoms in total. The van der Waals surface area contributed by atoms with Crippen molar-refractivity contribution in [3.63, 3.8) is 0 Å². The summed E-state index contributed by atoms with van der Waals surface area (Å²) >= 11 is 0. The first kappa shape index (κ1) is 22.3. The van der Waals surface area contributed by atoms with Gasteiger partial charge in [-0.05, 0) is 35.6 Å². The molecule has 2 aromatic carbocycles. The van der Waals surface area contributed by atoms with Gasteiger partial charge in [-0.2, -0.15) is 0 Å².